The second-order valence-corrected chi connectivity index (χ2v) is 5.17. The van der Waals surface area contributed by atoms with E-state index in [0.29, 0.717) is 36.5 Å². The van der Waals surface area contributed by atoms with Gasteiger partial charge in [0.1, 0.15) is 5.69 Å². The number of hydrogen-bond acceptors (Lipinski definition) is 7. The average molecular weight is 321 g/mol. The first-order chi connectivity index (χ1) is 11.1. The molecule has 1 aromatic carbocycles. The smallest absolute Gasteiger partial charge is 0.292 e. The Morgan fingerprint density at radius 3 is 2.96 bits per heavy atom. The van der Waals surface area contributed by atoms with E-state index >= 15 is 0 Å². The molecule has 1 heterocycles. The van der Waals surface area contributed by atoms with Crippen molar-refractivity contribution in [2.75, 3.05) is 25.0 Å². The molecule has 0 saturated carbocycles. The van der Waals surface area contributed by atoms with E-state index in [4.69, 9.17) is 5.73 Å². The van der Waals surface area contributed by atoms with Gasteiger partial charge in [-0.15, -0.1) is 0 Å². The molecule has 0 bridgehead atoms. The van der Waals surface area contributed by atoms with Crippen molar-refractivity contribution in [2.24, 2.45) is 16.8 Å². The van der Waals surface area contributed by atoms with Crippen molar-refractivity contribution in [1.82, 2.24) is 5.43 Å². The minimum atomic E-state index is -0.482. The maximum Gasteiger partial charge on any atom is 0.292 e. The molecule has 2 rings (SSSR count). The molecule has 0 spiro atoms. The van der Waals surface area contributed by atoms with Crippen LogP contribution in [0.3, 0.4) is 0 Å². The Hall–Kier alpha value is -2.52. The van der Waals surface area contributed by atoms with Gasteiger partial charge in [-0.25, -0.2) is 5.43 Å². The van der Waals surface area contributed by atoms with Gasteiger partial charge in [0.05, 0.1) is 17.2 Å². The Labute approximate surface area is 132 Å². The van der Waals surface area contributed by atoms with Crippen molar-refractivity contribution < 1.29 is 14.8 Å². The maximum atomic E-state index is 11.3. The third-order valence-corrected chi connectivity index (χ3v) is 3.53. The third-order valence-electron chi connectivity index (χ3n) is 3.53. The van der Waals surface area contributed by atoms with Crippen molar-refractivity contribution in [2.45, 2.75) is 12.8 Å². The molecule has 1 unspecified atom stereocenters. The summed E-state index contributed by atoms with van der Waals surface area (Å²) in [5.41, 5.74) is 8.99. The molecule has 9 nitrogen and oxygen atoms in total. The molecule has 0 radical (unpaired) electrons. The molecule has 5 N–H and O–H groups in total. The molecule has 0 aromatic heterocycles. The zero-order chi connectivity index (χ0) is 16.8. The first-order valence-corrected chi connectivity index (χ1v) is 7.26. The summed E-state index contributed by atoms with van der Waals surface area (Å²) < 4.78 is 0. The quantitative estimate of drug-likeness (QED) is 0.321. The van der Waals surface area contributed by atoms with Crippen LogP contribution in [0, 0.1) is 16.0 Å². The van der Waals surface area contributed by atoms with Crippen molar-refractivity contribution in [3.05, 3.63) is 33.9 Å². The topological polar surface area (TPSA) is 143 Å². The Kier molecular flexibility index (Phi) is 5.61. The molecule has 9 heteroatoms. The van der Waals surface area contributed by atoms with Gasteiger partial charge < -0.3 is 16.2 Å². The number of carbonyl (C=O) groups is 1. The number of amides is 1. The molecule has 23 heavy (non-hydrogen) atoms. The van der Waals surface area contributed by atoms with Crippen LogP contribution < -0.4 is 16.5 Å². The lowest BCUT2D eigenvalue weighted by molar-refractivity contribution is -0.384. The SMILES string of the molecule is NCCCNc1ccc(C2=NNC(=O)CC2CO)cc1[N+](=O)[O-]. The average Bonchev–Trinajstić information content (AvgIpc) is 2.55. The monoisotopic (exact) mass is 321 g/mol. The van der Waals surface area contributed by atoms with Crippen LogP contribution in [0.4, 0.5) is 11.4 Å². The minimum absolute atomic E-state index is 0.0872. The van der Waals surface area contributed by atoms with Crippen LogP contribution in [0.5, 0.6) is 0 Å². The largest absolute Gasteiger partial charge is 0.396 e. The predicted molar refractivity (Wildman–Crippen MR) is 85.1 cm³/mol. The molecule has 1 aromatic rings. The highest BCUT2D eigenvalue weighted by Crippen LogP contribution is 2.28. The number of nitrogens with zero attached hydrogens (tertiary/aromatic N) is 2. The summed E-state index contributed by atoms with van der Waals surface area (Å²) in [6, 6.07) is 4.66. The molecule has 0 aliphatic carbocycles. The van der Waals surface area contributed by atoms with Crippen LogP contribution >= 0.6 is 0 Å². The second kappa shape index (κ2) is 7.65. The molecule has 1 amide bonds. The van der Waals surface area contributed by atoms with Gasteiger partial charge in [-0.2, -0.15) is 5.10 Å². The first-order valence-electron chi connectivity index (χ1n) is 7.26. The van der Waals surface area contributed by atoms with Crippen molar-refractivity contribution in [1.29, 1.82) is 0 Å². The number of nitro benzene ring substituents is 1. The van der Waals surface area contributed by atoms with E-state index < -0.39 is 10.8 Å². The van der Waals surface area contributed by atoms with Crippen molar-refractivity contribution in [3.8, 4) is 0 Å². The van der Waals surface area contributed by atoms with E-state index in [1.54, 1.807) is 12.1 Å². The van der Waals surface area contributed by atoms with Crippen LogP contribution in [-0.2, 0) is 4.79 Å². The van der Waals surface area contributed by atoms with Crippen LogP contribution in [0.2, 0.25) is 0 Å². The fourth-order valence-electron chi connectivity index (χ4n) is 2.35. The predicted octanol–water partition coefficient (Wildman–Crippen LogP) is 0.188. The van der Waals surface area contributed by atoms with Crippen LogP contribution in [0.1, 0.15) is 18.4 Å². The molecule has 1 atom stereocenters. The van der Waals surface area contributed by atoms with Gasteiger partial charge in [0.15, 0.2) is 0 Å². The number of nitrogens with one attached hydrogen (secondary N) is 2. The number of aliphatic hydroxyl groups excluding tert-OH is 1. The van der Waals surface area contributed by atoms with E-state index in [-0.39, 0.29) is 24.6 Å². The highest BCUT2D eigenvalue weighted by Gasteiger charge is 2.26. The number of nitro groups is 1. The number of carbonyl (C=O) groups excluding carboxylic acids is 1. The lowest BCUT2D eigenvalue weighted by Gasteiger charge is -2.21. The van der Waals surface area contributed by atoms with Gasteiger partial charge in [-0.05, 0) is 19.0 Å². The maximum absolute atomic E-state index is 11.3. The van der Waals surface area contributed by atoms with E-state index in [2.05, 4.69) is 15.8 Å². The lowest BCUT2D eigenvalue weighted by atomic mass is 9.92. The summed E-state index contributed by atoms with van der Waals surface area (Å²) in [4.78, 5) is 22.1. The van der Waals surface area contributed by atoms with Gasteiger partial charge in [0, 0.05) is 30.5 Å². The Balaban J connectivity index is 2.31. The summed E-state index contributed by atoms with van der Waals surface area (Å²) in [5, 5.41) is 27.6. The standard InChI is InChI=1S/C14H19N5O4/c15-4-1-5-16-11-3-2-9(6-12(11)19(22)23)14-10(8-20)7-13(21)17-18-14/h2-3,6,10,16,20H,1,4-5,7-8,15H2,(H,17,21). The van der Waals surface area contributed by atoms with Crippen LogP contribution in [0.15, 0.2) is 23.3 Å². The highest BCUT2D eigenvalue weighted by molar-refractivity contribution is 6.06. The lowest BCUT2D eigenvalue weighted by Crippen LogP contribution is -2.35. The molecule has 0 fully saturated rings. The van der Waals surface area contributed by atoms with E-state index in [1.165, 1.54) is 6.07 Å². The number of nitrogens with two attached hydrogens (primary N) is 1. The second-order valence-electron chi connectivity index (χ2n) is 5.17. The highest BCUT2D eigenvalue weighted by atomic mass is 16.6. The molecule has 1 aliphatic heterocycles. The van der Waals surface area contributed by atoms with E-state index in [9.17, 15) is 20.0 Å². The summed E-state index contributed by atoms with van der Waals surface area (Å²) in [7, 11) is 0. The van der Waals surface area contributed by atoms with Crippen molar-refractivity contribution in [3.63, 3.8) is 0 Å². The summed E-state index contributed by atoms with van der Waals surface area (Å²) in [5.74, 6) is -0.762. The van der Waals surface area contributed by atoms with Crippen LogP contribution in [-0.4, -0.2) is 41.3 Å². The summed E-state index contributed by atoms with van der Waals surface area (Å²) in [6.07, 6.45) is 0.796. The fraction of sp³-hybridized carbons (Fsp3) is 0.429. The minimum Gasteiger partial charge on any atom is -0.396 e. The van der Waals surface area contributed by atoms with Gasteiger partial charge in [-0.3, -0.25) is 14.9 Å². The van der Waals surface area contributed by atoms with Gasteiger partial charge >= 0.3 is 0 Å². The zero-order valence-electron chi connectivity index (χ0n) is 12.5. The number of aliphatic hydroxyl groups is 1. The Bertz CT molecular complexity index is 632. The number of hydrazone groups is 1. The zero-order valence-corrected chi connectivity index (χ0v) is 12.5. The molecular formula is C14H19N5O4. The third kappa shape index (κ3) is 4.02. The number of benzene rings is 1. The number of hydrogen-bond donors (Lipinski definition) is 4. The number of anilines is 1. The molecule has 0 saturated heterocycles. The Morgan fingerprint density at radius 2 is 2.30 bits per heavy atom. The first kappa shape index (κ1) is 16.8. The van der Waals surface area contributed by atoms with Gasteiger partial charge in [-0.1, -0.05) is 6.07 Å². The fourth-order valence-corrected chi connectivity index (χ4v) is 2.35. The Morgan fingerprint density at radius 1 is 1.52 bits per heavy atom. The van der Waals surface area contributed by atoms with Crippen LogP contribution in [0.25, 0.3) is 0 Å². The molecular weight excluding hydrogens is 302 g/mol. The van der Waals surface area contributed by atoms with E-state index in [1.807, 2.05) is 0 Å². The molecule has 1 aliphatic rings. The normalized spacial score (nSPS) is 17.4. The molecule has 124 valence electrons. The van der Waals surface area contributed by atoms with Gasteiger partial charge in [0.25, 0.3) is 5.69 Å². The number of rotatable bonds is 7. The summed E-state index contributed by atoms with van der Waals surface area (Å²) >= 11 is 0. The van der Waals surface area contributed by atoms with Gasteiger partial charge in [0.2, 0.25) is 5.91 Å². The summed E-state index contributed by atoms with van der Waals surface area (Å²) in [6.45, 7) is 0.775. The van der Waals surface area contributed by atoms with Crippen molar-refractivity contribution >= 4 is 23.0 Å². The van der Waals surface area contributed by atoms with E-state index in [0.717, 1.165) is 0 Å².